The van der Waals surface area contributed by atoms with Crippen molar-refractivity contribution in [3.05, 3.63) is 66.4 Å². The predicted molar refractivity (Wildman–Crippen MR) is 112 cm³/mol. The number of nitrogens with one attached hydrogen (secondary N) is 2. The van der Waals surface area contributed by atoms with Crippen molar-refractivity contribution in [3.8, 4) is 5.75 Å². The lowest BCUT2D eigenvalue weighted by Gasteiger charge is -2.17. The topological polar surface area (TPSA) is 61.8 Å². The van der Waals surface area contributed by atoms with E-state index in [0.29, 0.717) is 19.7 Å². The van der Waals surface area contributed by atoms with Crippen molar-refractivity contribution in [1.82, 2.24) is 15.6 Å². The van der Waals surface area contributed by atoms with Gasteiger partial charge in [0.15, 0.2) is 5.96 Å². The summed E-state index contributed by atoms with van der Waals surface area (Å²) in [5, 5.41) is 6.66. The lowest BCUT2D eigenvalue weighted by molar-refractivity contribution is 0.359. The van der Waals surface area contributed by atoms with Crippen molar-refractivity contribution < 1.29 is 4.74 Å². The van der Waals surface area contributed by atoms with Crippen LogP contribution < -0.4 is 20.3 Å². The second kappa shape index (κ2) is 10.9. The summed E-state index contributed by atoms with van der Waals surface area (Å²) in [6.07, 6.45) is 3.54. The summed E-state index contributed by atoms with van der Waals surface area (Å²) < 4.78 is 5.71. The first-order chi connectivity index (χ1) is 13.2. The average molecular weight is 367 g/mol. The van der Waals surface area contributed by atoms with Gasteiger partial charge in [0.05, 0.1) is 6.54 Å². The van der Waals surface area contributed by atoms with Crippen LogP contribution in [-0.2, 0) is 13.1 Å². The Morgan fingerprint density at radius 3 is 2.70 bits per heavy atom. The summed E-state index contributed by atoms with van der Waals surface area (Å²) in [6.45, 7) is 8.17. The predicted octanol–water partition coefficient (Wildman–Crippen LogP) is 2.97. The van der Waals surface area contributed by atoms with Gasteiger partial charge < -0.3 is 20.3 Å². The first kappa shape index (κ1) is 20.3. The van der Waals surface area contributed by atoms with Gasteiger partial charge in [-0.15, -0.1) is 0 Å². The van der Waals surface area contributed by atoms with Gasteiger partial charge in [0, 0.05) is 44.5 Å². The van der Waals surface area contributed by atoms with E-state index in [1.165, 1.54) is 0 Å². The van der Waals surface area contributed by atoms with Crippen LogP contribution in [0.25, 0.3) is 0 Å². The van der Waals surface area contributed by atoms with Crippen LogP contribution >= 0.6 is 0 Å². The maximum Gasteiger partial charge on any atom is 0.191 e. The number of benzene rings is 1. The minimum Gasteiger partial charge on any atom is -0.489 e. The minimum atomic E-state index is 0.480. The van der Waals surface area contributed by atoms with E-state index < -0.39 is 0 Å². The zero-order valence-corrected chi connectivity index (χ0v) is 16.4. The molecule has 0 spiro atoms. The number of pyridine rings is 1. The van der Waals surface area contributed by atoms with E-state index >= 15 is 0 Å². The van der Waals surface area contributed by atoms with E-state index in [9.17, 15) is 0 Å². The Kier molecular flexibility index (Phi) is 8.16. The monoisotopic (exact) mass is 367 g/mol. The molecule has 27 heavy (non-hydrogen) atoms. The highest BCUT2D eigenvalue weighted by Crippen LogP contribution is 2.19. The Morgan fingerprint density at radius 2 is 1.96 bits per heavy atom. The molecule has 2 N–H and O–H groups in total. The molecule has 0 bridgehead atoms. The Bertz CT molecular complexity index is 758. The number of aliphatic imine (C=N–C) groups is 1. The maximum atomic E-state index is 5.71. The van der Waals surface area contributed by atoms with E-state index in [0.717, 1.165) is 35.2 Å². The summed E-state index contributed by atoms with van der Waals surface area (Å²) in [4.78, 5) is 11.1. The van der Waals surface area contributed by atoms with E-state index in [4.69, 9.17) is 9.73 Å². The van der Waals surface area contributed by atoms with Crippen LogP contribution in [-0.4, -0.2) is 38.2 Å². The standard InChI is InChI=1S/C21H29N5O/c1-5-14-27-19-12-8-7-10-17(19)15-24-21(22-6-2)25-16-18-11-9-13-23-20(18)26(3)4/h5,7-13H,1,6,14-16H2,2-4H3,(H2,22,24,25). The largest absolute Gasteiger partial charge is 0.489 e. The SMILES string of the molecule is C=CCOc1ccccc1CN=C(NCC)NCc1cccnc1N(C)C. The summed E-state index contributed by atoms with van der Waals surface area (Å²) in [6, 6.07) is 11.9. The van der Waals surface area contributed by atoms with E-state index in [1.54, 1.807) is 12.3 Å². The molecule has 0 saturated heterocycles. The number of aromatic nitrogens is 1. The molecule has 0 aliphatic rings. The summed E-state index contributed by atoms with van der Waals surface area (Å²) in [5.41, 5.74) is 2.15. The molecule has 0 radical (unpaired) electrons. The third-order valence-corrected chi connectivity index (χ3v) is 3.82. The van der Waals surface area contributed by atoms with Gasteiger partial charge in [-0.25, -0.2) is 9.98 Å². The molecule has 0 aliphatic carbocycles. The van der Waals surface area contributed by atoms with Crippen molar-refractivity contribution in [2.24, 2.45) is 4.99 Å². The zero-order chi connectivity index (χ0) is 19.5. The first-order valence-corrected chi connectivity index (χ1v) is 9.10. The molecule has 6 heteroatoms. The van der Waals surface area contributed by atoms with Gasteiger partial charge in [0.2, 0.25) is 0 Å². The van der Waals surface area contributed by atoms with Crippen molar-refractivity contribution in [1.29, 1.82) is 0 Å². The number of nitrogens with zero attached hydrogens (tertiary/aromatic N) is 3. The molecule has 0 atom stereocenters. The molecule has 1 aromatic carbocycles. The molecule has 144 valence electrons. The van der Waals surface area contributed by atoms with Crippen molar-refractivity contribution in [3.63, 3.8) is 0 Å². The van der Waals surface area contributed by atoms with Crippen molar-refractivity contribution in [2.45, 2.75) is 20.0 Å². The fraction of sp³-hybridized carbons (Fsp3) is 0.333. The van der Waals surface area contributed by atoms with Gasteiger partial charge in [-0.05, 0) is 19.1 Å². The number of para-hydroxylation sites is 1. The molecular weight excluding hydrogens is 338 g/mol. The molecule has 2 rings (SSSR count). The number of ether oxygens (including phenoxy) is 1. The molecule has 0 aliphatic heterocycles. The maximum absolute atomic E-state index is 5.71. The highest BCUT2D eigenvalue weighted by atomic mass is 16.5. The van der Waals surface area contributed by atoms with Crippen LogP contribution in [0, 0.1) is 0 Å². The highest BCUT2D eigenvalue weighted by Gasteiger charge is 2.07. The van der Waals surface area contributed by atoms with E-state index in [-0.39, 0.29) is 0 Å². The number of anilines is 1. The van der Waals surface area contributed by atoms with E-state index in [2.05, 4.69) is 28.3 Å². The number of hydrogen-bond donors (Lipinski definition) is 2. The molecule has 1 aromatic heterocycles. The van der Waals surface area contributed by atoms with Crippen LogP contribution in [0.15, 0.2) is 60.2 Å². The quantitative estimate of drug-likeness (QED) is 0.405. The van der Waals surface area contributed by atoms with Gasteiger partial charge in [-0.3, -0.25) is 0 Å². The van der Waals surface area contributed by atoms with Gasteiger partial charge >= 0.3 is 0 Å². The molecule has 0 unspecified atom stereocenters. The lowest BCUT2D eigenvalue weighted by Crippen LogP contribution is -2.37. The van der Waals surface area contributed by atoms with Crippen LogP contribution in [0.1, 0.15) is 18.1 Å². The van der Waals surface area contributed by atoms with E-state index in [1.807, 2.05) is 56.3 Å². The molecule has 6 nitrogen and oxygen atoms in total. The van der Waals surface area contributed by atoms with Crippen LogP contribution in [0.2, 0.25) is 0 Å². The molecule has 0 amide bonds. The molecule has 0 saturated carbocycles. The number of hydrogen-bond acceptors (Lipinski definition) is 4. The van der Waals surface area contributed by atoms with Gasteiger partial charge in [-0.1, -0.05) is 36.9 Å². The summed E-state index contributed by atoms with van der Waals surface area (Å²) >= 11 is 0. The molecular formula is C21H29N5O. The number of guanidine groups is 1. The van der Waals surface area contributed by atoms with Gasteiger partial charge in [0.25, 0.3) is 0 Å². The normalized spacial score (nSPS) is 11.0. The summed E-state index contributed by atoms with van der Waals surface area (Å²) in [7, 11) is 3.98. The van der Waals surface area contributed by atoms with Crippen LogP contribution in [0.3, 0.4) is 0 Å². The third kappa shape index (κ3) is 6.33. The Morgan fingerprint density at radius 1 is 1.19 bits per heavy atom. The van der Waals surface area contributed by atoms with Crippen molar-refractivity contribution in [2.75, 3.05) is 32.1 Å². The molecule has 1 heterocycles. The summed E-state index contributed by atoms with van der Waals surface area (Å²) in [5.74, 6) is 2.53. The Hall–Kier alpha value is -3.02. The Labute approximate surface area is 162 Å². The first-order valence-electron chi connectivity index (χ1n) is 9.10. The third-order valence-electron chi connectivity index (χ3n) is 3.82. The van der Waals surface area contributed by atoms with Crippen LogP contribution in [0.5, 0.6) is 5.75 Å². The Balaban J connectivity index is 2.08. The molecule has 2 aromatic rings. The average Bonchev–Trinajstić information content (AvgIpc) is 2.69. The van der Waals surface area contributed by atoms with Gasteiger partial charge in [-0.2, -0.15) is 0 Å². The second-order valence-corrected chi connectivity index (χ2v) is 6.14. The highest BCUT2D eigenvalue weighted by molar-refractivity contribution is 5.79. The zero-order valence-electron chi connectivity index (χ0n) is 16.4. The lowest BCUT2D eigenvalue weighted by atomic mass is 10.2. The van der Waals surface area contributed by atoms with Gasteiger partial charge in [0.1, 0.15) is 18.2 Å². The number of rotatable bonds is 9. The smallest absolute Gasteiger partial charge is 0.191 e. The fourth-order valence-corrected chi connectivity index (χ4v) is 2.58. The fourth-order valence-electron chi connectivity index (χ4n) is 2.58. The van der Waals surface area contributed by atoms with Crippen molar-refractivity contribution >= 4 is 11.8 Å². The van der Waals surface area contributed by atoms with Crippen LogP contribution in [0.4, 0.5) is 5.82 Å². The molecule has 0 fully saturated rings. The minimum absolute atomic E-state index is 0.480. The second-order valence-electron chi connectivity index (χ2n) is 6.14.